The highest BCUT2D eigenvalue weighted by molar-refractivity contribution is 6.32. The van der Waals surface area contributed by atoms with E-state index in [-0.39, 0.29) is 0 Å². The summed E-state index contributed by atoms with van der Waals surface area (Å²) in [6.07, 6.45) is 0. The smallest absolute Gasteiger partial charge is 0.153 e. The fraction of sp³-hybridized carbons (Fsp3) is 0.118. The highest BCUT2D eigenvalue weighted by Gasteiger charge is 2.08. The van der Waals surface area contributed by atoms with E-state index >= 15 is 0 Å². The molecule has 0 atom stereocenters. The molecule has 0 spiro atoms. The maximum atomic E-state index is 6.24. The molecule has 106 valence electrons. The summed E-state index contributed by atoms with van der Waals surface area (Å²) in [5.41, 5.74) is 8.35. The summed E-state index contributed by atoms with van der Waals surface area (Å²) in [6.45, 7) is 2.41. The van der Waals surface area contributed by atoms with Crippen molar-refractivity contribution in [3.8, 4) is 11.5 Å². The third-order valence-electron chi connectivity index (χ3n) is 3.27. The quantitative estimate of drug-likeness (QED) is 0.777. The van der Waals surface area contributed by atoms with Gasteiger partial charge in [-0.3, -0.25) is 0 Å². The lowest BCUT2D eigenvalue weighted by atomic mass is 10.2. The Morgan fingerprint density at radius 2 is 1.95 bits per heavy atom. The first-order chi connectivity index (χ1) is 10.2. The minimum atomic E-state index is 0.453. The van der Waals surface area contributed by atoms with Crippen molar-refractivity contribution in [2.24, 2.45) is 5.73 Å². The Balaban J connectivity index is 2.04. The molecule has 0 aliphatic heterocycles. The molecule has 0 saturated heterocycles. The maximum absolute atomic E-state index is 6.24. The van der Waals surface area contributed by atoms with Crippen LogP contribution in [-0.2, 0) is 6.54 Å². The third kappa shape index (κ3) is 2.84. The van der Waals surface area contributed by atoms with E-state index in [1.165, 1.54) is 0 Å². The Labute approximate surface area is 128 Å². The molecule has 3 aromatic rings. The van der Waals surface area contributed by atoms with Crippen LogP contribution in [0, 0.1) is 6.92 Å². The molecule has 0 amide bonds. The second kappa shape index (κ2) is 5.72. The Morgan fingerprint density at radius 3 is 2.71 bits per heavy atom. The number of pyridine rings is 1. The minimum Gasteiger partial charge on any atom is -0.454 e. The molecule has 2 aromatic carbocycles. The van der Waals surface area contributed by atoms with Crippen LogP contribution >= 0.6 is 11.6 Å². The molecule has 4 heteroatoms. The van der Waals surface area contributed by atoms with E-state index in [4.69, 9.17) is 22.1 Å². The lowest BCUT2D eigenvalue weighted by molar-refractivity contribution is 0.487. The van der Waals surface area contributed by atoms with E-state index in [9.17, 15) is 0 Å². The van der Waals surface area contributed by atoms with Crippen molar-refractivity contribution in [1.82, 2.24) is 4.98 Å². The number of aromatic nitrogens is 1. The Bertz CT molecular complexity index is 802. The second-order valence-electron chi connectivity index (χ2n) is 4.85. The van der Waals surface area contributed by atoms with E-state index in [1.807, 2.05) is 55.5 Å². The first-order valence-corrected chi connectivity index (χ1v) is 7.08. The second-order valence-corrected chi connectivity index (χ2v) is 5.26. The van der Waals surface area contributed by atoms with Gasteiger partial charge in [0.2, 0.25) is 0 Å². The molecule has 0 bridgehead atoms. The van der Waals surface area contributed by atoms with Crippen LogP contribution in [0.3, 0.4) is 0 Å². The normalized spacial score (nSPS) is 10.8. The van der Waals surface area contributed by atoms with Crippen molar-refractivity contribution in [2.45, 2.75) is 13.5 Å². The number of hydrogen-bond acceptors (Lipinski definition) is 3. The number of rotatable bonds is 3. The molecule has 0 fully saturated rings. The summed E-state index contributed by atoms with van der Waals surface area (Å²) in [5.74, 6) is 1.29. The van der Waals surface area contributed by atoms with Gasteiger partial charge in [0.1, 0.15) is 11.3 Å². The average Bonchev–Trinajstić information content (AvgIpc) is 2.49. The van der Waals surface area contributed by atoms with E-state index in [0.717, 1.165) is 22.2 Å². The van der Waals surface area contributed by atoms with Crippen molar-refractivity contribution in [1.29, 1.82) is 0 Å². The molecule has 0 unspecified atom stereocenters. The van der Waals surface area contributed by atoms with Crippen LogP contribution in [0.25, 0.3) is 10.9 Å². The minimum absolute atomic E-state index is 0.453. The van der Waals surface area contributed by atoms with E-state index in [2.05, 4.69) is 4.98 Å². The van der Waals surface area contributed by atoms with Crippen molar-refractivity contribution in [2.75, 3.05) is 0 Å². The monoisotopic (exact) mass is 298 g/mol. The SMILES string of the molecule is Cc1ccc2cccc(Oc3ccc(CN)cc3Cl)c2n1. The van der Waals surface area contributed by atoms with Gasteiger partial charge in [-0.2, -0.15) is 0 Å². The van der Waals surface area contributed by atoms with Crippen LogP contribution in [0.2, 0.25) is 5.02 Å². The van der Waals surface area contributed by atoms with Gasteiger partial charge in [0.05, 0.1) is 5.02 Å². The topological polar surface area (TPSA) is 48.1 Å². The number of nitrogens with zero attached hydrogens (tertiary/aromatic N) is 1. The predicted octanol–water partition coefficient (Wildman–Crippen LogP) is 4.45. The fourth-order valence-electron chi connectivity index (χ4n) is 2.17. The summed E-state index contributed by atoms with van der Waals surface area (Å²) in [7, 11) is 0. The highest BCUT2D eigenvalue weighted by atomic mass is 35.5. The number of fused-ring (bicyclic) bond motifs is 1. The maximum Gasteiger partial charge on any atom is 0.153 e. The van der Waals surface area contributed by atoms with Crippen LogP contribution in [0.15, 0.2) is 48.5 Å². The Hall–Kier alpha value is -2.10. The van der Waals surface area contributed by atoms with Crippen LogP contribution in [0.1, 0.15) is 11.3 Å². The molecule has 0 radical (unpaired) electrons. The summed E-state index contributed by atoms with van der Waals surface area (Å²) >= 11 is 6.24. The number of para-hydroxylation sites is 1. The molecule has 21 heavy (non-hydrogen) atoms. The first kappa shape index (κ1) is 13.9. The fourth-order valence-corrected chi connectivity index (χ4v) is 2.41. The van der Waals surface area contributed by atoms with Crippen LogP contribution in [0.4, 0.5) is 0 Å². The van der Waals surface area contributed by atoms with Gasteiger partial charge in [-0.15, -0.1) is 0 Å². The van der Waals surface area contributed by atoms with Gasteiger partial charge in [-0.05, 0) is 36.8 Å². The molecule has 0 aliphatic rings. The highest BCUT2D eigenvalue weighted by Crippen LogP contribution is 2.33. The van der Waals surface area contributed by atoms with Crippen molar-refractivity contribution < 1.29 is 4.74 Å². The lowest BCUT2D eigenvalue weighted by Crippen LogP contribution is -1.96. The molecule has 2 N–H and O–H groups in total. The molecule has 0 saturated carbocycles. The molecular weight excluding hydrogens is 284 g/mol. The van der Waals surface area contributed by atoms with Gasteiger partial charge < -0.3 is 10.5 Å². The van der Waals surface area contributed by atoms with Crippen molar-refractivity contribution in [3.63, 3.8) is 0 Å². The zero-order valence-electron chi connectivity index (χ0n) is 11.6. The van der Waals surface area contributed by atoms with Crippen LogP contribution < -0.4 is 10.5 Å². The van der Waals surface area contributed by atoms with E-state index in [0.29, 0.717) is 23.1 Å². The number of halogens is 1. The standard InChI is InChI=1S/C17H15ClN2O/c1-11-5-7-13-3-2-4-16(17(13)20-11)21-15-8-6-12(10-19)9-14(15)18/h2-9H,10,19H2,1H3. The van der Waals surface area contributed by atoms with Crippen molar-refractivity contribution >= 4 is 22.5 Å². The number of hydrogen-bond donors (Lipinski definition) is 1. The number of benzene rings is 2. The molecule has 3 nitrogen and oxygen atoms in total. The number of aryl methyl sites for hydroxylation is 1. The molecule has 0 aliphatic carbocycles. The van der Waals surface area contributed by atoms with Gasteiger partial charge in [-0.25, -0.2) is 4.98 Å². The lowest BCUT2D eigenvalue weighted by Gasteiger charge is -2.11. The van der Waals surface area contributed by atoms with Crippen LogP contribution in [0.5, 0.6) is 11.5 Å². The average molecular weight is 299 g/mol. The summed E-state index contributed by atoms with van der Waals surface area (Å²) in [6, 6.07) is 15.4. The first-order valence-electron chi connectivity index (χ1n) is 6.70. The van der Waals surface area contributed by atoms with Gasteiger partial charge in [0, 0.05) is 17.6 Å². The summed E-state index contributed by atoms with van der Waals surface area (Å²) < 4.78 is 5.94. The zero-order valence-corrected chi connectivity index (χ0v) is 12.4. The van der Waals surface area contributed by atoms with Gasteiger partial charge >= 0.3 is 0 Å². The number of ether oxygens (including phenoxy) is 1. The van der Waals surface area contributed by atoms with E-state index in [1.54, 1.807) is 0 Å². The molecular formula is C17H15ClN2O. The molecule has 1 aromatic heterocycles. The van der Waals surface area contributed by atoms with Gasteiger partial charge in [-0.1, -0.05) is 35.9 Å². The Morgan fingerprint density at radius 1 is 1.10 bits per heavy atom. The molecule has 3 rings (SSSR count). The van der Waals surface area contributed by atoms with Gasteiger partial charge in [0.25, 0.3) is 0 Å². The third-order valence-corrected chi connectivity index (χ3v) is 3.57. The summed E-state index contributed by atoms with van der Waals surface area (Å²) in [5, 5.41) is 1.58. The van der Waals surface area contributed by atoms with E-state index < -0.39 is 0 Å². The van der Waals surface area contributed by atoms with Gasteiger partial charge in [0.15, 0.2) is 5.75 Å². The Kier molecular flexibility index (Phi) is 3.78. The predicted molar refractivity (Wildman–Crippen MR) is 85.9 cm³/mol. The van der Waals surface area contributed by atoms with Crippen LogP contribution in [-0.4, -0.2) is 4.98 Å². The zero-order chi connectivity index (χ0) is 14.8. The number of nitrogens with two attached hydrogens (primary N) is 1. The van der Waals surface area contributed by atoms with Crippen molar-refractivity contribution in [3.05, 3.63) is 64.8 Å². The molecule has 1 heterocycles. The summed E-state index contributed by atoms with van der Waals surface area (Å²) in [4.78, 5) is 4.55. The largest absolute Gasteiger partial charge is 0.454 e.